The van der Waals surface area contributed by atoms with Gasteiger partial charge in [0.05, 0.1) is 0 Å². The van der Waals surface area contributed by atoms with Crippen LogP contribution >= 0.6 is 11.8 Å². The molecule has 0 bridgehead atoms. The largest absolute Gasteiger partial charge is 0.480 e. The number of rotatable bonds is 8. The third-order valence-corrected chi connectivity index (χ3v) is 3.00. The lowest BCUT2D eigenvalue weighted by Gasteiger charge is -2.10. The van der Waals surface area contributed by atoms with Crippen LogP contribution in [0.3, 0.4) is 0 Å². The summed E-state index contributed by atoms with van der Waals surface area (Å²) >= 11 is 1.71. The Kier molecular flexibility index (Phi) is 7.28. The van der Waals surface area contributed by atoms with Crippen LogP contribution in [-0.2, 0) is 9.59 Å². The lowest BCUT2D eigenvalue weighted by molar-refractivity contribution is -0.140. The Labute approximate surface area is 88.4 Å². The average Bonchev–Trinajstić information content (AvgIpc) is 2.09. The number of amides is 1. The lowest BCUT2D eigenvalue weighted by Crippen LogP contribution is -2.36. The normalized spacial score (nSPS) is 12.5. The van der Waals surface area contributed by atoms with Crippen molar-refractivity contribution in [2.75, 3.05) is 11.5 Å². The van der Waals surface area contributed by atoms with Gasteiger partial charge in [0.25, 0.3) is 0 Å². The molecule has 2 N–H and O–H groups in total. The number of hydrogen-bond donors (Lipinski definition) is 2. The van der Waals surface area contributed by atoms with Gasteiger partial charge in [0.15, 0.2) is 0 Å². The molecule has 1 unspecified atom stereocenters. The molecule has 1 amide bonds. The molecule has 0 aromatic carbocycles. The monoisotopic (exact) mass is 219 g/mol. The second-order valence-electron chi connectivity index (χ2n) is 3.43. The first kappa shape index (κ1) is 13.3. The number of carboxylic acid groups (broad SMARTS) is 1. The molecular formula is C9H17NO3S. The van der Waals surface area contributed by atoms with Crippen molar-refractivity contribution in [2.45, 2.75) is 26.3 Å². The van der Waals surface area contributed by atoms with Gasteiger partial charge in [0.1, 0.15) is 6.04 Å². The van der Waals surface area contributed by atoms with Gasteiger partial charge < -0.3 is 10.4 Å². The Morgan fingerprint density at radius 3 is 2.64 bits per heavy atom. The van der Waals surface area contributed by atoms with Gasteiger partial charge in [-0.1, -0.05) is 13.8 Å². The van der Waals surface area contributed by atoms with Gasteiger partial charge in [-0.2, -0.15) is 11.8 Å². The molecule has 0 saturated carbocycles. The van der Waals surface area contributed by atoms with Crippen LogP contribution in [0.15, 0.2) is 0 Å². The quantitative estimate of drug-likeness (QED) is 0.471. The molecule has 0 rings (SSSR count). The highest BCUT2D eigenvalue weighted by Gasteiger charge is 2.15. The number of hydrogen-bond acceptors (Lipinski definition) is 3. The fraction of sp³-hybridized carbons (Fsp3) is 0.778. The van der Waals surface area contributed by atoms with E-state index < -0.39 is 12.0 Å². The minimum Gasteiger partial charge on any atom is -0.480 e. The van der Waals surface area contributed by atoms with E-state index in [1.165, 1.54) is 0 Å². The third kappa shape index (κ3) is 6.77. The number of carbonyl (C=O) groups is 2. The zero-order valence-corrected chi connectivity index (χ0v) is 9.34. The van der Waals surface area contributed by atoms with E-state index >= 15 is 0 Å². The molecule has 0 aliphatic rings. The second-order valence-corrected chi connectivity index (χ2v) is 4.58. The van der Waals surface area contributed by atoms with Crippen molar-refractivity contribution in [3.8, 4) is 0 Å². The standard InChI is InChI=1S/C9H17NO3S/c1-7(2)5-14-4-3-8(9(12)13)10-6-11/h6-8H,3-5H2,1-2H3,(H,10,11)(H,12,13). The van der Waals surface area contributed by atoms with Crippen molar-refractivity contribution in [1.29, 1.82) is 0 Å². The summed E-state index contributed by atoms with van der Waals surface area (Å²) in [4.78, 5) is 20.7. The van der Waals surface area contributed by atoms with E-state index in [0.29, 0.717) is 18.7 Å². The van der Waals surface area contributed by atoms with Crippen LogP contribution in [0.4, 0.5) is 0 Å². The first-order valence-electron chi connectivity index (χ1n) is 4.58. The van der Waals surface area contributed by atoms with Gasteiger partial charge in [-0.3, -0.25) is 4.79 Å². The van der Waals surface area contributed by atoms with E-state index in [0.717, 1.165) is 11.5 Å². The van der Waals surface area contributed by atoms with Crippen LogP contribution in [-0.4, -0.2) is 35.0 Å². The van der Waals surface area contributed by atoms with Gasteiger partial charge in [-0.25, -0.2) is 4.79 Å². The number of aliphatic carboxylic acids is 1. The second kappa shape index (κ2) is 7.67. The minimum absolute atomic E-state index is 0.436. The van der Waals surface area contributed by atoms with Gasteiger partial charge in [-0.05, 0) is 23.8 Å². The third-order valence-electron chi connectivity index (χ3n) is 1.57. The van der Waals surface area contributed by atoms with E-state index in [1.807, 2.05) is 0 Å². The lowest BCUT2D eigenvalue weighted by atomic mass is 10.2. The fourth-order valence-corrected chi connectivity index (χ4v) is 1.92. The maximum absolute atomic E-state index is 10.6. The SMILES string of the molecule is CC(C)CSCCC(NC=O)C(=O)O. The molecular weight excluding hydrogens is 202 g/mol. The van der Waals surface area contributed by atoms with E-state index in [9.17, 15) is 9.59 Å². The van der Waals surface area contributed by atoms with Crippen molar-refractivity contribution in [3.63, 3.8) is 0 Å². The number of thioether (sulfide) groups is 1. The molecule has 0 fully saturated rings. The summed E-state index contributed by atoms with van der Waals surface area (Å²) in [7, 11) is 0. The molecule has 0 aromatic rings. The summed E-state index contributed by atoms with van der Waals surface area (Å²) in [6.45, 7) is 4.23. The molecule has 0 saturated heterocycles. The van der Waals surface area contributed by atoms with Crippen LogP contribution in [0.2, 0.25) is 0 Å². The minimum atomic E-state index is -0.970. The zero-order valence-electron chi connectivity index (χ0n) is 8.53. The maximum atomic E-state index is 10.6. The Hall–Kier alpha value is -0.710. The fourth-order valence-electron chi connectivity index (χ4n) is 0.880. The summed E-state index contributed by atoms with van der Waals surface area (Å²) < 4.78 is 0. The molecule has 0 radical (unpaired) electrons. The smallest absolute Gasteiger partial charge is 0.326 e. The molecule has 0 aliphatic heterocycles. The molecule has 5 heteroatoms. The van der Waals surface area contributed by atoms with Crippen LogP contribution in [0.1, 0.15) is 20.3 Å². The Morgan fingerprint density at radius 1 is 1.57 bits per heavy atom. The molecule has 4 nitrogen and oxygen atoms in total. The molecule has 82 valence electrons. The first-order valence-corrected chi connectivity index (χ1v) is 5.73. The Balaban J connectivity index is 3.61. The van der Waals surface area contributed by atoms with E-state index in [1.54, 1.807) is 11.8 Å². The van der Waals surface area contributed by atoms with Crippen LogP contribution in [0.5, 0.6) is 0 Å². The van der Waals surface area contributed by atoms with Gasteiger partial charge in [0, 0.05) is 0 Å². The molecule has 0 heterocycles. The molecule has 0 spiro atoms. The predicted molar refractivity (Wildman–Crippen MR) is 57.4 cm³/mol. The van der Waals surface area contributed by atoms with Crippen molar-refractivity contribution >= 4 is 24.1 Å². The molecule has 0 aliphatic carbocycles. The summed E-state index contributed by atoms with van der Waals surface area (Å²) in [5.41, 5.74) is 0. The highest BCUT2D eigenvalue weighted by molar-refractivity contribution is 7.99. The Bertz CT molecular complexity index is 185. The van der Waals surface area contributed by atoms with Gasteiger partial charge in [-0.15, -0.1) is 0 Å². The summed E-state index contributed by atoms with van der Waals surface area (Å²) in [6.07, 6.45) is 0.914. The average molecular weight is 219 g/mol. The molecule has 14 heavy (non-hydrogen) atoms. The number of nitrogens with one attached hydrogen (secondary N) is 1. The van der Waals surface area contributed by atoms with E-state index in [2.05, 4.69) is 19.2 Å². The van der Waals surface area contributed by atoms with Crippen molar-refractivity contribution in [2.24, 2.45) is 5.92 Å². The highest BCUT2D eigenvalue weighted by atomic mass is 32.2. The van der Waals surface area contributed by atoms with Crippen LogP contribution < -0.4 is 5.32 Å². The Morgan fingerprint density at radius 2 is 2.21 bits per heavy atom. The van der Waals surface area contributed by atoms with E-state index in [4.69, 9.17) is 5.11 Å². The molecule has 0 aromatic heterocycles. The number of carbonyl (C=O) groups excluding carboxylic acids is 1. The predicted octanol–water partition coefficient (Wildman–Crippen LogP) is 0.965. The summed E-state index contributed by atoms with van der Waals surface area (Å²) in [6, 6.07) is -0.743. The van der Waals surface area contributed by atoms with Crippen LogP contribution in [0.25, 0.3) is 0 Å². The van der Waals surface area contributed by atoms with Gasteiger partial charge >= 0.3 is 5.97 Å². The van der Waals surface area contributed by atoms with Crippen molar-refractivity contribution in [1.82, 2.24) is 5.32 Å². The van der Waals surface area contributed by atoms with E-state index in [-0.39, 0.29) is 0 Å². The first-order chi connectivity index (χ1) is 6.57. The molecule has 1 atom stereocenters. The number of carboxylic acids is 1. The zero-order chi connectivity index (χ0) is 11.0. The van der Waals surface area contributed by atoms with Crippen molar-refractivity contribution in [3.05, 3.63) is 0 Å². The topological polar surface area (TPSA) is 66.4 Å². The van der Waals surface area contributed by atoms with Crippen molar-refractivity contribution < 1.29 is 14.7 Å². The highest BCUT2D eigenvalue weighted by Crippen LogP contribution is 2.09. The summed E-state index contributed by atoms with van der Waals surface area (Å²) in [5, 5.41) is 11.0. The maximum Gasteiger partial charge on any atom is 0.326 e. The van der Waals surface area contributed by atoms with Gasteiger partial charge in [0.2, 0.25) is 6.41 Å². The summed E-state index contributed by atoms with van der Waals surface area (Å²) in [5.74, 6) is 1.42. The van der Waals surface area contributed by atoms with Crippen LogP contribution in [0, 0.1) is 5.92 Å².